The van der Waals surface area contributed by atoms with E-state index in [9.17, 15) is 14.9 Å². The van der Waals surface area contributed by atoms with Gasteiger partial charge in [0.1, 0.15) is 6.33 Å². The van der Waals surface area contributed by atoms with Gasteiger partial charge in [-0.2, -0.15) is 0 Å². The van der Waals surface area contributed by atoms with Crippen LogP contribution in [-0.4, -0.2) is 26.3 Å². The maximum absolute atomic E-state index is 12.2. The molecule has 0 radical (unpaired) electrons. The minimum atomic E-state index is -0.601. The van der Waals surface area contributed by atoms with Crippen molar-refractivity contribution in [1.82, 2.24) is 15.4 Å². The summed E-state index contributed by atoms with van der Waals surface area (Å²) in [5, 5.41) is 14.4. The number of aryl methyl sites for hydroxylation is 1. The second kappa shape index (κ2) is 7.12. The zero-order chi connectivity index (χ0) is 18.6. The van der Waals surface area contributed by atoms with Crippen LogP contribution in [0.3, 0.4) is 0 Å². The molecule has 0 saturated heterocycles. The van der Waals surface area contributed by atoms with Gasteiger partial charge in [-0.3, -0.25) is 25.8 Å². The molecule has 1 aromatic carbocycles. The van der Waals surface area contributed by atoms with Crippen LogP contribution in [0, 0.1) is 17.0 Å². The second-order valence-electron chi connectivity index (χ2n) is 6.45. The summed E-state index contributed by atoms with van der Waals surface area (Å²) in [6.07, 6.45) is 1.18. The predicted molar refractivity (Wildman–Crippen MR) is 94.3 cm³/mol. The molecule has 1 heterocycles. The normalized spacial score (nSPS) is 10.9. The van der Waals surface area contributed by atoms with Gasteiger partial charge in [0.15, 0.2) is 0 Å². The first-order valence-corrected chi connectivity index (χ1v) is 7.58. The van der Waals surface area contributed by atoms with Gasteiger partial charge in [0.2, 0.25) is 11.6 Å². The fraction of sp³-hybridized carbons (Fsp3) is 0.312. The average molecular weight is 344 g/mol. The van der Waals surface area contributed by atoms with Gasteiger partial charge in [-0.25, -0.2) is 9.97 Å². The molecule has 25 heavy (non-hydrogen) atoms. The third-order valence-electron chi connectivity index (χ3n) is 3.18. The standard InChI is InChI=1S/C16H20N6O3/c1-10-7-5-6-8-11(10)15(23)21-20-14-12(22(24)25)13(17-9-18-14)19-16(2,3)4/h5-9H,1-4H3,(H,21,23)(H2,17,18,19,20). The molecule has 0 bridgehead atoms. The van der Waals surface area contributed by atoms with Gasteiger partial charge in [-0.1, -0.05) is 18.2 Å². The number of aromatic nitrogens is 2. The molecule has 0 aliphatic rings. The van der Waals surface area contributed by atoms with Gasteiger partial charge < -0.3 is 5.32 Å². The van der Waals surface area contributed by atoms with E-state index in [1.807, 2.05) is 26.8 Å². The lowest BCUT2D eigenvalue weighted by molar-refractivity contribution is -0.383. The Bertz CT molecular complexity index is 801. The number of nitrogens with zero attached hydrogens (tertiary/aromatic N) is 3. The number of hydrogen-bond acceptors (Lipinski definition) is 7. The summed E-state index contributed by atoms with van der Waals surface area (Å²) < 4.78 is 0. The summed E-state index contributed by atoms with van der Waals surface area (Å²) in [6.45, 7) is 7.36. The van der Waals surface area contributed by atoms with E-state index < -0.39 is 16.4 Å². The molecule has 0 spiro atoms. The Kier molecular flexibility index (Phi) is 5.16. The number of amides is 1. The highest BCUT2D eigenvalue weighted by molar-refractivity contribution is 5.96. The number of carbonyl (C=O) groups is 1. The molecule has 0 unspecified atom stereocenters. The molecule has 9 heteroatoms. The van der Waals surface area contributed by atoms with Crippen LogP contribution in [0.25, 0.3) is 0 Å². The van der Waals surface area contributed by atoms with E-state index in [4.69, 9.17) is 0 Å². The lowest BCUT2D eigenvalue weighted by Crippen LogP contribution is -2.31. The number of nitrogens with one attached hydrogen (secondary N) is 3. The van der Waals surface area contributed by atoms with Gasteiger partial charge in [-0.05, 0) is 39.3 Å². The molecule has 3 N–H and O–H groups in total. The first-order valence-electron chi connectivity index (χ1n) is 7.58. The summed E-state index contributed by atoms with van der Waals surface area (Å²) in [5.74, 6) is -0.454. The highest BCUT2D eigenvalue weighted by atomic mass is 16.6. The van der Waals surface area contributed by atoms with E-state index >= 15 is 0 Å². The van der Waals surface area contributed by atoms with Crippen LogP contribution in [0.1, 0.15) is 36.7 Å². The third-order valence-corrected chi connectivity index (χ3v) is 3.18. The molecular formula is C16H20N6O3. The Balaban J connectivity index is 2.25. The lowest BCUT2D eigenvalue weighted by Gasteiger charge is -2.21. The van der Waals surface area contributed by atoms with Crippen LogP contribution >= 0.6 is 0 Å². The van der Waals surface area contributed by atoms with Gasteiger partial charge in [0, 0.05) is 11.1 Å². The molecule has 2 aromatic rings. The SMILES string of the molecule is Cc1ccccc1C(=O)NNc1ncnc(NC(C)(C)C)c1[N+](=O)[O-]. The molecule has 2 rings (SSSR count). The molecule has 0 fully saturated rings. The van der Waals surface area contributed by atoms with E-state index in [1.54, 1.807) is 25.1 Å². The Morgan fingerprint density at radius 2 is 1.80 bits per heavy atom. The Morgan fingerprint density at radius 3 is 2.40 bits per heavy atom. The largest absolute Gasteiger partial charge is 0.360 e. The number of hydrazine groups is 1. The highest BCUT2D eigenvalue weighted by Gasteiger charge is 2.26. The van der Waals surface area contributed by atoms with Crippen molar-refractivity contribution in [3.8, 4) is 0 Å². The quantitative estimate of drug-likeness (QED) is 0.563. The molecule has 132 valence electrons. The summed E-state index contributed by atoms with van der Waals surface area (Å²) in [4.78, 5) is 30.8. The number of benzene rings is 1. The van der Waals surface area contributed by atoms with E-state index in [1.165, 1.54) is 6.33 Å². The van der Waals surface area contributed by atoms with E-state index in [-0.39, 0.29) is 17.3 Å². The number of carbonyl (C=O) groups excluding carboxylic acids is 1. The van der Waals surface area contributed by atoms with Crippen molar-refractivity contribution in [2.45, 2.75) is 33.2 Å². The van der Waals surface area contributed by atoms with E-state index in [2.05, 4.69) is 26.1 Å². The van der Waals surface area contributed by atoms with Crippen molar-refractivity contribution in [2.24, 2.45) is 0 Å². The molecule has 0 atom stereocenters. The minimum absolute atomic E-state index is 0.0696. The first-order chi connectivity index (χ1) is 11.7. The fourth-order valence-electron chi connectivity index (χ4n) is 2.10. The number of hydrogen-bond donors (Lipinski definition) is 3. The third kappa shape index (κ3) is 4.63. The van der Waals surface area contributed by atoms with Crippen LogP contribution in [-0.2, 0) is 0 Å². The van der Waals surface area contributed by atoms with Crippen molar-refractivity contribution < 1.29 is 9.72 Å². The van der Waals surface area contributed by atoms with Crippen molar-refractivity contribution in [3.05, 3.63) is 51.8 Å². The smallest absolute Gasteiger partial charge is 0.354 e. The second-order valence-corrected chi connectivity index (χ2v) is 6.45. The summed E-state index contributed by atoms with van der Waals surface area (Å²) >= 11 is 0. The van der Waals surface area contributed by atoms with Crippen LogP contribution < -0.4 is 16.2 Å². The van der Waals surface area contributed by atoms with Crippen molar-refractivity contribution in [2.75, 3.05) is 10.7 Å². The molecule has 1 amide bonds. The van der Waals surface area contributed by atoms with Crippen LogP contribution in [0.5, 0.6) is 0 Å². The van der Waals surface area contributed by atoms with Gasteiger partial charge in [-0.15, -0.1) is 0 Å². The maximum Gasteiger partial charge on any atom is 0.354 e. The zero-order valence-electron chi connectivity index (χ0n) is 14.5. The number of rotatable bonds is 5. The van der Waals surface area contributed by atoms with Gasteiger partial charge in [0.25, 0.3) is 5.91 Å². The molecule has 0 aliphatic carbocycles. The fourth-order valence-corrected chi connectivity index (χ4v) is 2.10. The Hall–Kier alpha value is -3.23. The highest BCUT2D eigenvalue weighted by Crippen LogP contribution is 2.30. The summed E-state index contributed by atoms with van der Waals surface area (Å²) in [5.41, 5.74) is 5.41. The van der Waals surface area contributed by atoms with E-state index in [0.29, 0.717) is 5.56 Å². The van der Waals surface area contributed by atoms with Gasteiger partial charge >= 0.3 is 5.69 Å². The average Bonchev–Trinajstić information content (AvgIpc) is 2.51. The van der Waals surface area contributed by atoms with Crippen LogP contribution in [0.2, 0.25) is 0 Å². The Labute approximate surface area is 145 Å². The maximum atomic E-state index is 12.2. The van der Waals surface area contributed by atoms with Crippen molar-refractivity contribution >= 4 is 23.2 Å². The number of nitro groups is 1. The van der Waals surface area contributed by atoms with Crippen LogP contribution in [0.4, 0.5) is 17.3 Å². The number of anilines is 2. The summed E-state index contributed by atoms with van der Waals surface area (Å²) in [6, 6.07) is 7.01. The van der Waals surface area contributed by atoms with Gasteiger partial charge in [0.05, 0.1) is 4.92 Å². The topological polar surface area (TPSA) is 122 Å². The van der Waals surface area contributed by atoms with Crippen molar-refractivity contribution in [3.63, 3.8) is 0 Å². The van der Waals surface area contributed by atoms with E-state index in [0.717, 1.165) is 5.56 Å². The van der Waals surface area contributed by atoms with Crippen LogP contribution in [0.15, 0.2) is 30.6 Å². The predicted octanol–water partition coefficient (Wildman–Crippen LogP) is 2.66. The minimum Gasteiger partial charge on any atom is -0.360 e. The molecule has 0 saturated carbocycles. The lowest BCUT2D eigenvalue weighted by atomic mass is 10.1. The first kappa shape index (κ1) is 18.1. The molecule has 1 aromatic heterocycles. The Morgan fingerprint density at radius 1 is 1.16 bits per heavy atom. The zero-order valence-corrected chi connectivity index (χ0v) is 14.5. The molecule has 9 nitrogen and oxygen atoms in total. The molecule has 0 aliphatic heterocycles. The molecular weight excluding hydrogens is 324 g/mol. The monoisotopic (exact) mass is 344 g/mol. The van der Waals surface area contributed by atoms with Crippen molar-refractivity contribution in [1.29, 1.82) is 0 Å². The summed E-state index contributed by atoms with van der Waals surface area (Å²) in [7, 11) is 0.